The van der Waals surface area contributed by atoms with Crippen molar-refractivity contribution in [2.24, 2.45) is 0 Å². The second kappa shape index (κ2) is 8.98. The summed E-state index contributed by atoms with van der Waals surface area (Å²) in [6.07, 6.45) is 0.837. The standard InChI is InChI=1S/C23H24N2O5/c26-21-18(24-23(28)29-15-17-10-5-2-6-11-17)12-7-13-20-25(21)19(22(27)30-20)14-16-8-3-1-4-9-16/h1-6,8-11,18-20H,7,12-15H2,(H,24,28)/t18-,19-,20+/m0/s1. The minimum absolute atomic E-state index is 0.123. The van der Waals surface area contributed by atoms with Crippen molar-refractivity contribution in [1.82, 2.24) is 10.2 Å². The number of esters is 1. The Morgan fingerprint density at radius 2 is 1.67 bits per heavy atom. The zero-order valence-electron chi connectivity index (χ0n) is 16.5. The summed E-state index contributed by atoms with van der Waals surface area (Å²) in [4.78, 5) is 39.4. The van der Waals surface area contributed by atoms with E-state index in [0.717, 1.165) is 11.1 Å². The molecule has 2 aromatic carbocycles. The predicted molar refractivity (Wildman–Crippen MR) is 108 cm³/mol. The third kappa shape index (κ3) is 4.45. The average Bonchev–Trinajstić information content (AvgIpc) is 2.98. The van der Waals surface area contributed by atoms with E-state index in [4.69, 9.17) is 9.47 Å². The van der Waals surface area contributed by atoms with Crippen molar-refractivity contribution in [3.8, 4) is 0 Å². The second-order valence-electron chi connectivity index (χ2n) is 7.53. The molecule has 3 atom stereocenters. The molecule has 0 bridgehead atoms. The van der Waals surface area contributed by atoms with Gasteiger partial charge in [0, 0.05) is 12.8 Å². The van der Waals surface area contributed by atoms with Crippen LogP contribution in [0.1, 0.15) is 30.4 Å². The summed E-state index contributed by atoms with van der Waals surface area (Å²) in [5, 5.41) is 2.67. The van der Waals surface area contributed by atoms with E-state index in [1.807, 2.05) is 60.7 Å². The third-order valence-corrected chi connectivity index (χ3v) is 5.44. The summed E-state index contributed by atoms with van der Waals surface area (Å²) < 4.78 is 10.7. The van der Waals surface area contributed by atoms with Crippen molar-refractivity contribution in [3.63, 3.8) is 0 Å². The van der Waals surface area contributed by atoms with Gasteiger partial charge in [-0.2, -0.15) is 0 Å². The van der Waals surface area contributed by atoms with Crippen LogP contribution in [0.5, 0.6) is 0 Å². The van der Waals surface area contributed by atoms with Crippen molar-refractivity contribution in [1.29, 1.82) is 0 Å². The molecule has 0 saturated carbocycles. The van der Waals surface area contributed by atoms with E-state index < -0.39 is 30.4 Å². The highest BCUT2D eigenvalue weighted by Crippen LogP contribution is 2.29. The minimum Gasteiger partial charge on any atom is -0.445 e. The molecule has 1 N–H and O–H groups in total. The van der Waals surface area contributed by atoms with E-state index in [9.17, 15) is 14.4 Å². The molecule has 0 aromatic heterocycles. The first-order chi connectivity index (χ1) is 14.6. The second-order valence-corrected chi connectivity index (χ2v) is 7.53. The Balaban J connectivity index is 1.42. The Morgan fingerprint density at radius 3 is 2.37 bits per heavy atom. The van der Waals surface area contributed by atoms with Gasteiger partial charge in [-0.05, 0) is 24.0 Å². The van der Waals surface area contributed by atoms with Gasteiger partial charge >= 0.3 is 12.1 Å². The molecule has 7 heteroatoms. The van der Waals surface area contributed by atoms with Crippen LogP contribution < -0.4 is 5.32 Å². The van der Waals surface area contributed by atoms with Crippen LogP contribution in [0.25, 0.3) is 0 Å². The van der Waals surface area contributed by atoms with Crippen LogP contribution in [0.4, 0.5) is 4.79 Å². The molecule has 0 radical (unpaired) electrons. The molecule has 2 saturated heterocycles. The van der Waals surface area contributed by atoms with E-state index in [1.54, 1.807) is 0 Å². The largest absolute Gasteiger partial charge is 0.445 e. The number of carbonyl (C=O) groups is 3. The first-order valence-corrected chi connectivity index (χ1v) is 10.2. The zero-order chi connectivity index (χ0) is 20.9. The monoisotopic (exact) mass is 408 g/mol. The molecule has 2 fully saturated rings. The number of nitrogens with one attached hydrogen (secondary N) is 1. The van der Waals surface area contributed by atoms with Gasteiger partial charge in [0.2, 0.25) is 5.91 Å². The zero-order valence-corrected chi connectivity index (χ0v) is 16.5. The Hall–Kier alpha value is -3.35. The Labute approximate surface area is 175 Å². The molecule has 7 nitrogen and oxygen atoms in total. The molecular formula is C23H24N2O5. The third-order valence-electron chi connectivity index (χ3n) is 5.44. The number of carbonyl (C=O) groups excluding carboxylic acids is 3. The summed E-state index contributed by atoms with van der Waals surface area (Å²) in [7, 11) is 0. The number of nitrogens with zero attached hydrogens (tertiary/aromatic N) is 1. The maximum absolute atomic E-state index is 13.2. The lowest BCUT2D eigenvalue weighted by molar-refractivity contribution is -0.143. The predicted octanol–water partition coefficient (Wildman–Crippen LogP) is 2.79. The van der Waals surface area contributed by atoms with Gasteiger partial charge in [-0.1, -0.05) is 60.7 Å². The smallest absolute Gasteiger partial charge is 0.408 e. The number of amides is 2. The van der Waals surface area contributed by atoms with Crippen molar-refractivity contribution in [2.75, 3.05) is 0 Å². The average molecular weight is 408 g/mol. The summed E-state index contributed by atoms with van der Waals surface area (Å²) in [5.41, 5.74) is 1.81. The van der Waals surface area contributed by atoms with Gasteiger partial charge in [0.25, 0.3) is 0 Å². The SMILES string of the molecule is O=C(N[C@H]1CCC[C@H]2OC(=O)[C@H](Cc3ccccc3)N2C1=O)OCc1ccccc1. The fourth-order valence-electron chi connectivity index (χ4n) is 3.94. The van der Waals surface area contributed by atoms with Gasteiger partial charge in [-0.3, -0.25) is 9.69 Å². The molecule has 0 unspecified atom stereocenters. The van der Waals surface area contributed by atoms with Gasteiger partial charge in [0.15, 0.2) is 6.23 Å². The van der Waals surface area contributed by atoms with E-state index in [-0.39, 0.29) is 12.5 Å². The topological polar surface area (TPSA) is 84.9 Å². The molecule has 2 amide bonds. The van der Waals surface area contributed by atoms with E-state index in [2.05, 4.69) is 5.32 Å². The molecule has 156 valence electrons. The van der Waals surface area contributed by atoms with Crippen molar-refractivity contribution >= 4 is 18.0 Å². The van der Waals surface area contributed by atoms with Crippen molar-refractivity contribution in [3.05, 3.63) is 71.8 Å². The van der Waals surface area contributed by atoms with Crippen LogP contribution in [0, 0.1) is 0 Å². The number of fused-ring (bicyclic) bond motifs is 1. The van der Waals surface area contributed by atoms with Gasteiger partial charge in [-0.25, -0.2) is 9.59 Å². The van der Waals surface area contributed by atoms with Crippen LogP contribution in [-0.2, 0) is 32.1 Å². The van der Waals surface area contributed by atoms with E-state index >= 15 is 0 Å². The van der Waals surface area contributed by atoms with E-state index in [1.165, 1.54) is 4.90 Å². The number of hydrogen-bond donors (Lipinski definition) is 1. The van der Waals surface area contributed by atoms with Gasteiger partial charge in [0.05, 0.1) is 0 Å². The van der Waals surface area contributed by atoms with Gasteiger partial charge in [0.1, 0.15) is 18.7 Å². The number of hydrogen-bond acceptors (Lipinski definition) is 5. The van der Waals surface area contributed by atoms with Gasteiger partial charge < -0.3 is 14.8 Å². The molecule has 0 aliphatic carbocycles. The van der Waals surface area contributed by atoms with Crippen LogP contribution in [0.15, 0.2) is 60.7 Å². The Morgan fingerprint density at radius 1 is 1.00 bits per heavy atom. The maximum atomic E-state index is 13.2. The normalized spacial score (nSPS) is 23.3. The maximum Gasteiger partial charge on any atom is 0.408 e. The Bertz CT molecular complexity index is 902. The van der Waals surface area contributed by atoms with Crippen LogP contribution in [-0.4, -0.2) is 41.2 Å². The molecule has 30 heavy (non-hydrogen) atoms. The molecule has 4 rings (SSSR count). The van der Waals surface area contributed by atoms with Crippen LogP contribution in [0.3, 0.4) is 0 Å². The number of ether oxygens (including phenoxy) is 2. The minimum atomic E-state index is -0.744. The molecular weight excluding hydrogens is 384 g/mol. The Kier molecular flexibility index (Phi) is 5.97. The number of rotatable bonds is 5. The van der Waals surface area contributed by atoms with Gasteiger partial charge in [-0.15, -0.1) is 0 Å². The summed E-state index contributed by atoms with van der Waals surface area (Å²) in [5.74, 6) is -0.703. The fourth-order valence-corrected chi connectivity index (χ4v) is 3.94. The highest BCUT2D eigenvalue weighted by atomic mass is 16.6. The lowest BCUT2D eigenvalue weighted by Crippen LogP contribution is -2.52. The number of alkyl carbamates (subject to hydrolysis) is 1. The van der Waals surface area contributed by atoms with E-state index in [0.29, 0.717) is 25.7 Å². The summed E-state index contributed by atoms with van der Waals surface area (Å²) in [6.45, 7) is 0.123. The quantitative estimate of drug-likeness (QED) is 0.769. The molecule has 2 heterocycles. The molecule has 2 aliphatic heterocycles. The first kappa shape index (κ1) is 19.9. The molecule has 2 aromatic rings. The summed E-state index contributed by atoms with van der Waals surface area (Å²) in [6, 6.07) is 17.4. The fraction of sp³-hybridized carbons (Fsp3) is 0.348. The molecule has 0 spiro atoms. The van der Waals surface area contributed by atoms with Crippen LogP contribution >= 0.6 is 0 Å². The summed E-state index contributed by atoms with van der Waals surface area (Å²) >= 11 is 0. The highest BCUT2D eigenvalue weighted by Gasteiger charge is 2.48. The highest BCUT2D eigenvalue weighted by molar-refractivity contribution is 5.92. The first-order valence-electron chi connectivity index (χ1n) is 10.2. The van der Waals surface area contributed by atoms with Crippen LogP contribution in [0.2, 0.25) is 0 Å². The lowest BCUT2D eigenvalue weighted by Gasteiger charge is -2.27. The lowest BCUT2D eigenvalue weighted by atomic mass is 10.0. The number of benzene rings is 2. The van der Waals surface area contributed by atoms with Crippen molar-refractivity contribution in [2.45, 2.75) is 50.6 Å². The van der Waals surface area contributed by atoms with Crippen molar-refractivity contribution < 1.29 is 23.9 Å². The molecule has 2 aliphatic rings.